The molecule has 6 nitrogen and oxygen atoms in total. The summed E-state index contributed by atoms with van der Waals surface area (Å²) >= 11 is 0. The van der Waals surface area contributed by atoms with Crippen molar-refractivity contribution in [2.45, 2.75) is 71.5 Å². The maximum Gasteiger partial charge on any atom is 0.303 e. The molecule has 1 aromatic carbocycles. The van der Waals surface area contributed by atoms with Gasteiger partial charge in [-0.3, -0.25) is 14.9 Å². The zero-order valence-electron chi connectivity index (χ0n) is 16.2. The van der Waals surface area contributed by atoms with Gasteiger partial charge in [-0.1, -0.05) is 45.0 Å². The number of esters is 1. The third-order valence-electron chi connectivity index (χ3n) is 4.82. The van der Waals surface area contributed by atoms with Crippen LogP contribution in [0.5, 0.6) is 0 Å². The van der Waals surface area contributed by atoms with Gasteiger partial charge in [0.25, 0.3) is 6.04 Å². The number of carbonyl (C=O) groups excluding carboxylic acids is 1. The summed E-state index contributed by atoms with van der Waals surface area (Å²) in [6.45, 7) is 13.8. The first-order valence-electron chi connectivity index (χ1n) is 8.39. The molecule has 0 bridgehead atoms. The molecule has 0 aliphatic heterocycles. The second kappa shape index (κ2) is 8.10. The highest BCUT2D eigenvalue weighted by Gasteiger charge is 2.38. The van der Waals surface area contributed by atoms with Gasteiger partial charge >= 0.3 is 5.97 Å². The van der Waals surface area contributed by atoms with Gasteiger partial charge in [-0.25, -0.2) is 0 Å². The third-order valence-corrected chi connectivity index (χ3v) is 9.30. The Bertz CT molecular complexity index is 624. The number of benzene rings is 1. The number of rotatable bonds is 7. The number of nitrogens with zero attached hydrogens (tertiary/aromatic N) is 1. The van der Waals surface area contributed by atoms with E-state index in [4.69, 9.17) is 9.16 Å². The number of nitro groups is 1. The molecule has 140 valence electrons. The van der Waals surface area contributed by atoms with Crippen LogP contribution in [-0.4, -0.2) is 25.3 Å². The zero-order valence-corrected chi connectivity index (χ0v) is 17.2. The second-order valence-electron chi connectivity index (χ2n) is 7.80. The van der Waals surface area contributed by atoms with Gasteiger partial charge in [0.15, 0.2) is 14.4 Å². The lowest BCUT2D eigenvalue weighted by Gasteiger charge is -2.36. The van der Waals surface area contributed by atoms with Gasteiger partial charge in [-0.05, 0) is 23.7 Å². The summed E-state index contributed by atoms with van der Waals surface area (Å²) < 4.78 is 11.5. The lowest BCUT2D eigenvalue weighted by atomic mass is 9.98. The van der Waals surface area contributed by atoms with Crippen LogP contribution in [0.3, 0.4) is 0 Å². The monoisotopic (exact) mass is 367 g/mol. The van der Waals surface area contributed by atoms with Crippen LogP contribution in [-0.2, 0) is 20.6 Å². The maximum absolute atomic E-state index is 11.4. The molecule has 0 amide bonds. The summed E-state index contributed by atoms with van der Waals surface area (Å²) in [4.78, 5) is 22.3. The van der Waals surface area contributed by atoms with Crippen LogP contribution >= 0.6 is 0 Å². The molecule has 0 N–H and O–H groups in total. The fraction of sp³-hybridized carbons (Fsp3) is 0.611. The minimum Gasteiger partial charge on any atom is -0.450 e. The smallest absolute Gasteiger partial charge is 0.303 e. The van der Waals surface area contributed by atoms with Gasteiger partial charge < -0.3 is 9.16 Å². The number of carbonyl (C=O) groups is 1. The molecule has 0 spiro atoms. The summed E-state index contributed by atoms with van der Waals surface area (Å²) in [7, 11) is -1.97. The number of hydrogen-bond acceptors (Lipinski definition) is 5. The van der Waals surface area contributed by atoms with Crippen LogP contribution in [0.2, 0.25) is 18.1 Å². The van der Waals surface area contributed by atoms with E-state index in [2.05, 4.69) is 33.9 Å². The second-order valence-corrected chi connectivity index (χ2v) is 12.6. The largest absolute Gasteiger partial charge is 0.450 e. The minimum absolute atomic E-state index is 0.0609. The van der Waals surface area contributed by atoms with Crippen molar-refractivity contribution in [3.8, 4) is 0 Å². The van der Waals surface area contributed by atoms with E-state index in [9.17, 15) is 14.9 Å². The Morgan fingerprint density at radius 3 is 2.32 bits per heavy atom. The van der Waals surface area contributed by atoms with Crippen molar-refractivity contribution in [3.63, 3.8) is 0 Å². The Balaban J connectivity index is 3.15. The van der Waals surface area contributed by atoms with Crippen LogP contribution in [0, 0.1) is 10.1 Å². The molecular formula is C18H29NO5Si. The minimum atomic E-state index is -1.97. The highest BCUT2D eigenvalue weighted by Crippen LogP contribution is 2.37. The van der Waals surface area contributed by atoms with Crippen LogP contribution in [0.4, 0.5) is 0 Å². The molecule has 0 heterocycles. The van der Waals surface area contributed by atoms with Crippen molar-refractivity contribution in [1.82, 2.24) is 0 Å². The summed E-state index contributed by atoms with van der Waals surface area (Å²) in [5.74, 6) is -0.543. The van der Waals surface area contributed by atoms with Crippen LogP contribution < -0.4 is 0 Å². The van der Waals surface area contributed by atoms with E-state index >= 15 is 0 Å². The number of hydrogen-bond donors (Lipinski definition) is 0. The molecule has 0 aliphatic carbocycles. The average Bonchev–Trinajstić information content (AvgIpc) is 2.49. The lowest BCUT2D eigenvalue weighted by Crippen LogP contribution is -2.40. The first-order valence-corrected chi connectivity index (χ1v) is 11.3. The molecule has 2 unspecified atom stereocenters. The first-order chi connectivity index (χ1) is 11.4. The fourth-order valence-electron chi connectivity index (χ4n) is 2.13. The van der Waals surface area contributed by atoms with E-state index < -0.39 is 31.4 Å². The lowest BCUT2D eigenvalue weighted by molar-refractivity contribution is -0.530. The van der Waals surface area contributed by atoms with Crippen molar-refractivity contribution >= 4 is 14.3 Å². The molecule has 25 heavy (non-hydrogen) atoms. The molecule has 0 aromatic heterocycles. The standard InChI is InChI=1S/C18H29NO5Si/c1-13(19(21)22)17(24-14(2)20)16-11-9-8-10-15(16)12-23-25(6,7)18(3,4)5/h8-11,13,17H,12H2,1-7H3. The molecule has 0 saturated carbocycles. The Morgan fingerprint density at radius 2 is 1.84 bits per heavy atom. The Morgan fingerprint density at radius 1 is 1.28 bits per heavy atom. The van der Waals surface area contributed by atoms with Crippen molar-refractivity contribution in [3.05, 3.63) is 45.5 Å². The molecule has 7 heteroatoms. The van der Waals surface area contributed by atoms with Gasteiger partial charge in [-0.2, -0.15) is 0 Å². The van der Waals surface area contributed by atoms with Gasteiger partial charge in [0.05, 0.1) is 6.61 Å². The van der Waals surface area contributed by atoms with Crippen LogP contribution in [0.15, 0.2) is 24.3 Å². The van der Waals surface area contributed by atoms with Crippen LogP contribution in [0.25, 0.3) is 0 Å². The molecule has 2 atom stereocenters. The first kappa shape index (κ1) is 21.3. The SMILES string of the molecule is CC(=O)OC(c1ccccc1CO[Si](C)(C)C(C)(C)C)C(C)[N+](=O)[O-]. The van der Waals surface area contributed by atoms with E-state index in [1.165, 1.54) is 13.8 Å². The summed E-state index contributed by atoms with van der Waals surface area (Å²) in [6.07, 6.45) is -0.938. The summed E-state index contributed by atoms with van der Waals surface area (Å²) in [6, 6.07) is 6.23. The third kappa shape index (κ3) is 5.64. The van der Waals surface area contributed by atoms with E-state index in [1.54, 1.807) is 12.1 Å². The van der Waals surface area contributed by atoms with Gasteiger partial charge in [0, 0.05) is 24.3 Å². The van der Waals surface area contributed by atoms with Crippen molar-refractivity contribution in [1.29, 1.82) is 0 Å². The topological polar surface area (TPSA) is 78.7 Å². The Hall–Kier alpha value is -1.73. The zero-order chi connectivity index (χ0) is 19.4. The Kier molecular flexibility index (Phi) is 6.90. The van der Waals surface area contributed by atoms with E-state index in [0.717, 1.165) is 5.56 Å². The van der Waals surface area contributed by atoms with E-state index in [1.807, 2.05) is 12.1 Å². The predicted octanol–water partition coefficient (Wildman–Crippen LogP) is 4.48. The summed E-state index contributed by atoms with van der Waals surface area (Å²) in [5.41, 5.74) is 1.44. The van der Waals surface area contributed by atoms with Gasteiger partial charge in [-0.15, -0.1) is 0 Å². The predicted molar refractivity (Wildman–Crippen MR) is 99.4 cm³/mol. The Labute approximate surface area is 150 Å². The highest BCUT2D eigenvalue weighted by molar-refractivity contribution is 6.74. The fourth-order valence-corrected chi connectivity index (χ4v) is 3.08. The van der Waals surface area contributed by atoms with E-state index in [0.29, 0.717) is 12.2 Å². The summed E-state index contributed by atoms with van der Waals surface area (Å²) in [5, 5.41) is 11.3. The molecule has 0 fully saturated rings. The van der Waals surface area contributed by atoms with Gasteiger partial charge in [0.1, 0.15) is 0 Å². The normalized spacial score (nSPS) is 14.7. The average molecular weight is 368 g/mol. The maximum atomic E-state index is 11.4. The molecule has 0 radical (unpaired) electrons. The quantitative estimate of drug-likeness (QED) is 0.307. The molecular weight excluding hydrogens is 338 g/mol. The molecule has 0 aliphatic rings. The van der Waals surface area contributed by atoms with Crippen molar-refractivity contribution in [2.75, 3.05) is 0 Å². The van der Waals surface area contributed by atoms with Crippen molar-refractivity contribution in [2.24, 2.45) is 0 Å². The molecule has 1 rings (SSSR count). The van der Waals surface area contributed by atoms with Gasteiger partial charge in [0.2, 0.25) is 0 Å². The van der Waals surface area contributed by atoms with Crippen molar-refractivity contribution < 1.29 is 18.9 Å². The van der Waals surface area contributed by atoms with Crippen LogP contribution in [0.1, 0.15) is 51.8 Å². The molecule has 0 saturated heterocycles. The highest BCUT2D eigenvalue weighted by atomic mass is 28.4. The van der Waals surface area contributed by atoms with E-state index in [-0.39, 0.29) is 5.04 Å². The molecule has 1 aromatic rings. The number of ether oxygens (including phenoxy) is 1.